The number of hydrogen-bond donors (Lipinski definition) is 1. The molecule has 2 atom stereocenters. The first-order valence-electron chi connectivity index (χ1n) is 7.48. The maximum atomic E-state index is 6.44. The lowest BCUT2D eigenvalue weighted by molar-refractivity contribution is 0.0536. The second-order valence-corrected chi connectivity index (χ2v) is 5.74. The zero-order chi connectivity index (χ0) is 13.1. The molecular formula is C16H23NO2. The smallest absolute Gasteiger partial charge is 0.161 e. The zero-order valence-electron chi connectivity index (χ0n) is 11.4. The van der Waals surface area contributed by atoms with Crippen LogP contribution in [0.3, 0.4) is 0 Å². The molecule has 1 aliphatic carbocycles. The lowest BCUT2D eigenvalue weighted by Gasteiger charge is -2.34. The molecule has 0 radical (unpaired) electrons. The van der Waals surface area contributed by atoms with Crippen LogP contribution >= 0.6 is 0 Å². The predicted octanol–water partition coefficient (Wildman–Crippen LogP) is 3.12. The number of para-hydroxylation sites is 2. The monoisotopic (exact) mass is 261 g/mol. The van der Waals surface area contributed by atoms with Crippen molar-refractivity contribution in [3.05, 3.63) is 24.3 Å². The number of rotatable bonds is 2. The average Bonchev–Trinajstić information content (AvgIpc) is 2.75. The van der Waals surface area contributed by atoms with Crippen molar-refractivity contribution in [3.8, 4) is 11.5 Å². The Morgan fingerprint density at radius 1 is 1.00 bits per heavy atom. The van der Waals surface area contributed by atoms with Gasteiger partial charge in [-0.15, -0.1) is 0 Å². The van der Waals surface area contributed by atoms with Gasteiger partial charge in [0.25, 0.3) is 0 Å². The normalized spacial score (nSPS) is 25.6. The highest BCUT2D eigenvalue weighted by Crippen LogP contribution is 2.34. The maximum absolute atomic E-state index is 6.44. The van der Waals surface area contributed by atoms with Gasteiger partial charge in [-0.2, -0.15) is 0 Å². The Morgan fingerprint density at radius 3 is 2.42 bits per heavy atom. The minimum absolute atomic E-state index is 0.00185. The van der Waals surface area contributed by atoms with E-state index < -0.39 is 0 Å². The van der Waals surface area contributed by atoms with Gasteiger partial charge in [-0.3, -0.25) is 0 Å². The van der Waals surface area contributed by atoms with E-state index in [1.165, 1.54) is 38.5 Å². The molecule has 1 aromatic rings. The molecule has 0 saturated heterocycles. The molecule has 19 heavy (non-hydrogen) atoms. The Bertz CT molecular complexity index is 413. The first kappa shape index (κ1) is 12.8. The van der Waals surface area contributed by atoms with E-state index in [0.717, 1.165) is 11.5 Å². The summed E-state index contributed by atoms with van der Waals surface area (Å²) in [6, 6.07) is 7.94. The van der Waals surface area contributed by atoms with Crippen molar-refractivity contribution >= 4 is 0 Å². The number of hydrogen-bond acceptors (Lipinski definition) is 3. The van der Waals surface area contributed by atoms with Gasteiger partial charge in [0.1, 0.15) is 12.7 Å². The lowest BCUT2D eigenvalue weighted by atomic mass is 9.89. The molecule has 3 heteroatoms. The van der Waals surface area contributed by atoms with Crippen molar-refractivity contribution in [2.75, 3.05) is 6.61 Å². The van der Waals surface area contributed by atoms with Gasteiger partial charge in [0, 0.05) is 6.04 Å². The molecule has 1 fully saturated rings. The van der Waals surface area contributed by atoms with Gasteiger partial charge in [-0.05, 0) is 30.9 Å². The first-order chi connectivity index (χ1) is 9.34. The number of benzene rings is 1. The van der Waals surface area contributed by atoms with Crippen molar-refractivity contribution in [2.24, 2.45) is 11.7 Å². The summed E-state index contributed by atoms with van der Waals surface area (Å²) in [6.07, 6.45) is 7.80. The minimum atomic E-state index is -0.00185. The van der Waals surface area contributed by atoms with Gasteiger partial charge < -0.3 is 15.2 Å². The Hall–Kier alpha value is -1.22. The van der Waals surface area contributed by atoms with Crippen molar-refractivity contribution in [1.29, 1.82) is 0 Å². The SMILES string of the molecule is NC(C1CCCCCC1)C1COc2ccccc2O1. The summed E-state index contributed by atoms with van der Waals surface area (Å²) >= 11 is 0. The minimum Gasteiger partial charge on any atom is -0.486 e. The van der Waals surface area contributed by atoms with Crippen LogP contribution in [0.1, 0.15) is 38.5 Å². The lowest BCUT2D eigenvalue weighted by Crippen LogP contribution is -2.49. The third kappa shape index (κ3) is 2.86. The molecule has 0 amide bonds. The van der Waals surface area contributed by atoms with Crippen molar-refractivity contribution in [2.45, 2.75) is 50.7 Å². The summed E-state index contributed by atoms with van der Waals surface area (Å²) in [4.78, 5) is 0. The van der Waals surface area contributed by atoms with Gasteiger partial charge in [-0.1, -0.05) is 37.8 Å². The highest BCUT2D eigenvalue weighted by Gasteiger charge is 2.31. The molecule has 0 aromatic heterocycles. The molecule has 3 nitrogen and oxygen atoms in total. The van der Waals surface area contributed by atoms with Crippen LogP contribution in [0.15, 0.2) is 24.3 Å². The van der Waals surface area contributed by atoms with Gasteiger partial charge >= 0.3 is 0 Å². The fourth-order valence-electron chi connectivity index (χ4n) is 3.22. The molecule has 1 aliphatic heterocycles. The maximum Gasteiger partial charge on any atom is 0.161 e. The van der Waals surface area contributed by atoms with E-state index >= 15 is 0 Å². The molecular weight excluding hydrogens is 238 g/mol. The second-order valence-electron chi connectivity index (χ2n) is 5.74. The number of nitrogens with two attached hydrogens (primary N) is 1. The standard InChI is InChI=1S/C16H23NO2/c17-16(12-7-3-1-2-4-8-12)15-11-18-13-9-5-6-10-14(13)19-15/h5-6,9-10,12,15-16H,1-4,7-8,11,17H2. The van der Waals surface area contributed by atoms with Crippen molar-refractivity contribution < 1.29 is 9.47 Å². The van der Waals surface area contributed by atoms with Crippen LogP contribution in [0.25, 0.3) is 0 Å². The summed E-state index contributed by atoms with van der Waals surface area (Å²) in [7, 11) is 0. The van der Waals surface area contributed by atoms with E-state index in [1.54, 1.807) is 0 Å². The molecule has 1 heterocycles. The fourth-order valence-corrected chi connectivity index (χ4v) is 3.22. The molecule has 2 N–H and O–H groups in total. The Kier molecular flexibility index (Phi) is 3.92. The molecule has 0 spiro atoms. The predicted molar refractivity (Wildman–Crippen MR) is 75.5 cm³/mol. The largest absolute Gasteiger partial charge is 0.486 e. The summed E-state index contributed by atoms with van der Waals surface area (Å²) < 4.78 is 11.8. The van der Waals surface area contributed by atoms with Crippen molar-refractivity contribution in [1.82, 2.24) is 0 Å². The molecule has 0 bridgehead atoms. The van der Waals surface area contributed by atoms with Crippen LogP contribution in [0.5, 0.6) is 11.5 Å². The van der Waals surface area contributed by atoms with Crippen molar-refractivity contribution in [3.63, 3.8) is 0 Å². The summed E-state index contributed by atoms with van der Waals surface area (Å²) in [5.41, 5.74) is 6.44. The fraction of sp³-hybridized carbons (Fsp3) is 0.625. The average molecular weight is 261 g/mol. The van der Waals surface area contributed by atoms with E-state index in [-0.39, 0.29) is 12.1 Å². The first-order valence-corrected chi connectivity index (χ1v) is 7.48. The quantitative estimate of drug-likeness (QED) is 0.832. The highest BCUT2D eigenvalue weighted by atomic mass is 16.6. The third-order valence-electron chi connectivity index (χ3n) is 4.40. The van der Waals surface area contributed by atoms with Crippen LogP contribution < -0.4 is 15.2 Å². The third-order valence-corrected chi connectivity index (χ3v) is 4.40. The summed E-state index contributed by atoms with van der Waals surface area (Å²) in [5, 5.41) is 0. The number of fused-ring (bicyclic) bond motifs is 1. The van der Waals surface area contributed by atoms with E-state index in [0.29, 0.717) is 12.5 Å². The van der Waals surface area contributed by atoms with E-state index in [4.69, 9.17) is 15.2 Å². The zero-order valence-corrected chi connectivity index (χ0v) is 11.4. The van der Waals surface area contributed by atoms with Crippen LogP contribution in [-0.2, 0) is 0 Å². The van der Waals surface area contributed by atoms with E-state index in [2.05, 4.69) is 0 Å². The summed E-state index contributed by atoms with van der Waals surface area (Å²) in [6.45, 7) is 0.578. The van der Waals surface area contributed by atoms with Gasteiger partial charge in [0.2, 0.25) is 0 Å². The van der Waals surface area contributed by atoms with Gasteiger partial charge in [-0.25, -0.2) is 0 Å². The molecule has 3 rings (SSSR count). The van der Waals surface area contributed by atoms with Gasteiger partial charge in [0.05, 0.1) is 0 Å². The Morgan fingerprint density at radius 2 is 1.68 bits per heavy atom. The van der Waals surface area contributed by atoms with Crippen LogP contribution in [0.4, 0.5) is 0 Å². The van der Waals surface area contributed by atoms with E-state index in [9.17, 15) is 0 Å². The Balaban J connectivity index is 1.66. The van der Waals surface area contributed by atoms with E-state index in [1.807, 2.05) is 24.3 Å². The highest BCUT2D eigenvalue weighted by molar-refractivity contribution is 5.40. The Labute approximate surface area is 115 Å². The number of ether oxygens (including phenoxy) is 2. The second kappa shape index (κ2) is 5.83. The molecule has 2 unspecified atom stereocenters. The summed E-state index contributed by atoms with van der Waals surface area (Å²) in [5.74, 6) is 2.26. The molecule has 1 saturated carbocycles. The molecule has 104 valence electrons. The van der Waals surface area contributed by atoms with Crippen LogP contribution in [-0.4, -0.2) is 18.8 Å². The van der Waals surface area contributed by atoms with Crippen LogP contribution in [0, 0.1) is 5.92 Å². The molecule has 1 aromatic carbocycles. The van der Waals surface area contributed by atoms with Crippen LogP contribution in [0.2, 0.25) is 0 Å². The molecule has 2 aliphatic rings. The topological polar surface area (TPSA) is 44.5 Å². The van der Waals surface area contributed by atoms with Gasteiger partial charge in [0.15, 0.2) is 11.5 Å².